The number of methoxy groups -OCH3 is 2. The highest BCUT2D eigenvalue weighted by Crippen LogP contribution is 2.33. The first-order valence-corrected chi connectivity index (χ1v) is 6.18. The first-order chi connectivity index (χ1) is 9.12. The summed E-state index contributed by atoms with van der Waals surface area (Å²) < 4.78 is 18.1. The largest absolute Gasteiger partial charge is 0.383 e. The van der Waals surface area contributed by atoms with Crippen molar-refractivity contribution in [3.8, 4) is 0 Å². The molecule has 7 heteroatoms. The molecule has 106 valence electrons. The molecule has 1 aliphatic heterocycles. The predicted molar refractivity (Wildman–Crippen MR) is 68.7 cm³/mol. The van der Waals surface area contributed by atoms with Crippen molar-refractivity contribution in [1.29, 1.82) is 0 Å². The zero-order chi connectivity index (χ0) is 14.0. The molecule has 0 aliphatic carbocycles. The van der Waals surface area contributed by atoms with Crippen molar-refractivity contribution in [2.24, 2.45) is 0 Å². The van der Waals surface area contributed by atoms with Gasteiger partial charge in [-0.1, -0.05) is 6.92 Å². The number of rotatable bonds is 4. The van der Waals surface area contributed by atoms with E-state index in [9.17, 15) is 4.79 Å². The van der Waals surface area contributed by atoms with Crippen molar-refractivity contribution >= 4 is 5.82 Å². The number of nitrogens with two attached hydrogens (primary N) is 1. The smallest absolute Gasteiger partial charge is 0.351 e. The molecule has 1 aromatic heterocycles. The highest BCUT2D eigenvalue weighted by Gasteiger charge is 2.45. The quantitative estimate of drug-likeness (QED) is 0.837. The Labute approximate surface area is 111 Å². The Bertz CT molecular complexity index is 490. The van der Waals surface area contributed by atoms with Gasteiger partial charge in [0.05, 0.1) is 6.10 Å². The lowest BCUT2D eigenvalue weighted by molar-refractivity contribution is -0.0558. The SMILES string of the molecule is CC[C@H]1O[C@@H](n2ccc(N)nc2=O)[C@@H](OC)[C@H]1OC. The molecule has 0 unspecified atom stereocenters. The fourth-order valence-electron chi connectivity index (χ4n) is 2.42. The molecule has 1 aliphatic rings. The van der Waals surface area contributed by atoms with E-state index in [1.807, 2.05) is 6.92 Å². The monoisotopic (exact) mass is 269 g/mol. The van der Waals surface area contributed by atoms with Crippen LogP contribution in [0.5, 0.6) is 0 Å². The lowest BCUT2D eigenvalue weighted by Crippen LogP contribution is -2.37. The maximum atomic E-state index is 11.9. The van der Waals surface area contributed by atoms with Crippen molar-refractivity contribution < 1.29 is 14.2 Å². The predicted octanol–water partition coefficient (Wildman–Crippen LogP) is 0.163. The molecule has 7 nitrogen and oxygen atoms in total. The topological polar surface area (TPSA) is 88.6 Å². The standard InChI is InChI=1S/C12H19N3O4/c1-4-7-9(17-2)10(18-3)11(19-7)15-6-5-8(13)14-12(15)16/h5-7,9-11H,4H2,1-3H3,(H2,13,14,16)/t7-,9+,10+,11-/m1/s1. The molecule has 1 saturated heterocycles. The molecule has 1 aromatic rings. The number of nitrogen functional groups attached to an aromatic ring is 1. The molecule has 2 rings (SSSR count). The summed E-state index contributed by atoms with van der Waals surface area (Å²) >= 11 is 0. The third kappa shape index (κ3) is 2.49. The van der Waals surface area contributed by atoms with Gasteiger partial charge in [-0.2, -0.15) is 4.98 Å². The maximum absolute atomic E-state index is 11.9. The maximum Gasteiger partial charge on any atom is 0.351 e. The summed E-state index contributed by atoms with van der Waals surface area (Å²) in [6.07, 6.45) is 1.07. The molecule has 0 aromatic carbocycles. The highest BCUT2D eigenvalue weighted by atomic mass is 16.6. The van der Waals surface area contributed by atoms with Gasteiger partial charge < -0.3 is 19.9 Å². The molecule has 2 N–H and O–H groups in total. The van der Waals surface area contributed by atoms with Gasteiger partial charge in [0.1, 0.15) is 18.0 Å². The molecule has 0 bridgehead atoms. The molecular formula is C12H19N3O4. The van der Waals surface area contributed by atoms with E-state index in [4.69, 9.17) is 19.9 Å². The van der Waals surface area contributed by atoms with Gasteiger partial charge in [0.25, 0.3) is 0 Å². The second-order valence-corrected chi connectivity index (χ2v) is 4.42. The second kappa shape index (κ2) is 5.68. The summed E-state index contributed by atoms with van der Waals surface area (Å²) in [7, 11) is 3.18. The van der Waals surface area contributed by atoms with Crippen LogP contribution in [0.3, 0.4) is 0 Å². The van der Waals surface area contributed by atoms with E-state index in [0.29, 0.717) is 0 Å². The third-order valence-corrected chi connectivity index (χ3v) is 3.36. The molecule has 1 fully saturated rings. The number of ether oxygens (including phenoxy) is 3. The van der Waals surface area contributed by atoms with Gasteiger partial charge in [-0.3, -0.25) is 4.57 Å². The van der Waals surface area contributed by atoms with E-state index in [-0.39, 0.29) is 24.1 Å². The van der Waals surface area contributed by atoms with E-state index < -0.39 is 11.9 Å². The van der Waals surface area contributed by atoms with Crippen LogP contribution in [0, 0.1) is 0 Å². The minimum absolute atomic E-state index is 0.121. The summed E-state index contributed by atoms with van der Waals surface area (Å²) in [6, 6.07) is 1.55. The van der Waals surface area contributed by atoms with Gasteiger partial charge in [0, 0.05) is 20.4 Å². The molecule has 0 amide bonds. The Balaban J connectivity index is 2.35. The molecule has 19 heavy (non-hydrogen) atoms. The third-order valence-electron chi connectivity index (χ3n) is 3.36. The molecule has 0 spiro atoms. The van der Waals surface area contributed by atoms with Crippen molar-refractivity contribution in [3.05, 3.63) is 22.7 Å². The van der Waals surface area contributed by atoms with E-state index in [1.165, 1.54) is 4.57 Å². The van der Waals surface area contributed by atoms with E-state index in [1.54, 1.807) is 26.5 Å². The molecule has 0 radical (unpaired) electrons. The van der Waals surface area contributed by atoms with Crippen molar-refractivity contribution in [2.75, 3.05) is 20.0 Å². The van der Waals surface area contributed by atoms with Gasteiger partial charge in [0.2, 0.25) is 0 Å². The fraction of sp³-hybridized carbons (Fsp3) is 0.667. The number of anilines is 1. The van der Waals surface area contributed by atoms with Crippen LogP contribution in [0.2, 0.25) is 0 Å². The fourth-order valence-corrected chi connectivity index (χ4v) is 2.42. The zero-order valence-electron chi connectivity index (χ0n) is 11.3. The molecule has 2 heterocycles. The molecular weight excluding hydrogens is 250 g/mol. The summed E-state index contributed by atoms with van der Waals surface area (Å²) in [6.45, 7) is 2.00. The van der Waals surface area contributed by atoms with Gasteiger partial charge in [0.15, 0.2) is 6.23 Å². The minimum atomic E-state index is -0.555. The van der Waals surface area contributed by atoms with Gasteiger partial charge in [-0.15, -0.1) is 0 Å². The number of hydrogen-bond donors (Lipinski definition) is 1. The van der Waals surface area contributed by atoms with Gasteiger partial charge in [-0.05, 0) is 12.5 Å². The second-order valence-electron chi connectivity index (χ2n) is 4.42. The first kappa shape index (κ1) is 14.0. The molecule has 4 atom stereocenters. The van der Waals surface area contributed by atoms with Crippen LogP contribution in [0.15, 0.2) is 17.1 Å². The van der Waals surface area contributed by atoms with Gasteiger partial charge in [-0.25, -0.2) is 4.79 Å². The van der Waals surface area contributed by atoms with Crippen molar-refractivity contribution in [2.45, 2.75) is 37.9 Å². The summed E-state index contributed by atoms with van der Waals surface area (Å²) in [5.74, 6) is 0.184. The van der Waals surface area contributed by atoms with Crippen LogP contribution in [0.1, 0.15) is 19.6 Å². The van der Waals surface area contributed by atoms with Crippen LogP contribution in [0.25, 0.3) is 0 Å². The van der Waals surface area contributed by atoms with Crippen molar-refractivity contribution in [1.82, 2.24) is 9.55 Å². The van der Waals surface area contributed by atoms with E-state index >= 15 is 0 Å². The minimum Gasteiger partial charge on any atom is -0.383 e. The zero-order valence-corrected chi connectivity index (χ0v) is 11.3. The number of aromatic nitrogens is 2. The van der Waals surface area contributed by atoms with E-state index in [2.05, 4.69) is 4.98 Å². The van der Waals surface area contributed by atoms with Gasteiger partial charge >= 0.3 is 5.69 Å². The Morgan fingerprint density at radius 3 is 2.63 bits per heavy atom. The summed E-state index contributed by atoms with van der Waals surface area (Å²) in [4.78, 5) is 15.6. The van der Waals surface area contributed by atoms with Crippen LogP contribution < -0.4 is 11.4 Å². The Kier molecular flexibility index (Phi) is 4.18. The van der Waals surface area contributed by atoms with Crippen LogP contribution in [-0.4, -0.2) is 42.1 Å². The summed E-state index contributed by atoms with van der Waals surface area (Å²) in [5.41, 5.74) is 5.02. The highest BCUT2D eigenvalue weighted by molar-refractivity contribution is 5.23. The number of hydrogen-bond acceptors (Lipinski definition) is 6. The van der Waals surface area contributed by atoms with E-state index in [0.717, 1.165) is 6.42 Å². The Morgan fingerprint density at radius 1 is 1.42 bits per heavy atom. The van der Waals surface area contributed by atoms with Crippen LogP contribution in [-0.2, 0) is 14.2 Å². The number of nitrogens with zero attached hydrogens (tertiary/aromatic N) is 2. The summed E-state index contributed by atoms with van der Waals surface area (Å²) in [5, 5.41) is 0. The van der Waals surface area contributed by atoms with Crippen LogP contribution >= 0.6 is 0 Å². The normalized spacial score (nSPS) is 30.7. The lowest BCUT2D eigenvalue weighted by Gasteiger charge is -2.22. The average molecular weight is 269 g/mol. The van der Waals surface area contributed by atoms with Crippen LogP contribution in [0.4, 0.5) is 5.82 Å². The first-order valence-electron chi connectivity index (χ1n) is 6.18. The Morgan fingerprint density at radius 2 is 2.11 bits per heavy atom. The average Bonchev–Trinajstić information content (AvgIpc) is 2.76. The molecule has 0 saturated carbocycles. The van der Waals surface area contributed by atoms with Crippen molar-refractivity contribution in [3.63, 3.8) is 0 Å². The lowest BCUT2D eigenvalue weighted by atomic mass is 10.1. The Hall–Kier alpha value is -1.44.